The molecule has 2 aromatic heterocycles. The summed E-state index contributed by atoms with van der Waals surface area (Å²) in [5.41, 5.74) is 0.788. The lowest BCUT2D eigenvalue weighted by Crippen LogP contribution is -2.68. The SMILES string of the molecule is O=C(CCCCCCCCCCCCCCl)NCC(=O)N[C@@H]1[C@@H](O)[C@@H](O)[C@@H](Nc2ncnc3nc[nH]c23)O[C@H]1[C@@H](O)CO. The van der Waals surface area contributed by atoms with Gasteiger partial charge in [-0.25, -0.2) is 15.0 Å². The van der Waals surface area contributed by atoms with Crippen molar-refractivity contribution in [3.8, 4) is 0 Å². The van der Waals surface area contributed by atoms with Crippen LogP contribution in [0.1, 0.15) is 77.0 Å². The number of nitrogens with one attached hydrogen (secondary N) is 4. The van der Waals surface area contributed by atoms with E-state index in [-0.39, 0.29) is 18.3 Å². The number of ether oxygens (including phenoxy) is 1. The Morgan fingerprint density at radius 2 is 1.58 bits per heavy atom. The minimum Gasteiger partial charge on any atom is -0.394 e. The van der Waals surface area contributed by atoms with Crippen molar-refractivity contribution in [1.82, 2.24) is 30.6 Å². The number of unbranched alkanes of at least 4 members (excludes halogenated alkanes) is 10. The molecule has 0 saturated carbocycles. The van der Waals surface area contributed by atoms with Crippen molar-refractivity contribution in [2.75, 3.05) is 24.3 Å². The summed E-state index contributed by atoms with van der Waals surface area (Å²) in [5.74, 6) is 0.0618. The predicted octanol–water partition coefficient (Wildman–Crippen LogP) is 1.09. The Balaban J connectivity index is 1.37. The first-order valence-corrected chi connectivity index (χ1v) is 15.7. The van der Waals surface area contributed by atoms with Crippen LogP contribution in [0.3, 0.4) is 0 Å². The number of rotatable bonds is 20. The Morgan fingerprint density at radius 1 is 0.930 bits per heavy atom. The number of aliphatic hydroxyl groups is 4. The Bertz CT molecular complexity index is 1110. The van der Waals surface area contributed by atoms with Gasteiger partial charge in [0.15, 0.2) is 17.7 Å². The molecule has 2 amide bonds. The lowest BCUT2D eigenvalue weighted by molar-refractivity contribution is -0.204. The average molecular weight is 628 g/mol. The fraction of sp³-hybridized carbons (Fsp3) is 0.750. The fourth-order valence-electron chi connectivity index (χ4n) is 5.13. The molecular weight excluding hydrogens is 582 g/mol. The summed E-state index contributed by atoms with van der Waals surface area (Å²) < 4.78 is 5.78. The maximum absolute atomic E-state index is 12.6. The second-order valence-corrected chi connectivity index (χ2v) is 11.3. The first kappa shape index (κ1) is 34.9. The molecule has 15 heteroatoms. The first-order valence-electron chi connectivity index (χ1n) is 15.2. The molecule has 3 rings (SSSR count). The molecule has 0 spiro atoms. The minimum absolute atomic E-state index is 0.228. The lowest BCUT2D eigenvalue weighted by Gasteiger charge is -2.44. The van der Waals surface area contributed by atoms with Gasteiger partial charge in [0, 0.05) is 12.3 Å². The summed E-state index contributed by atoms with van der Waals surface area (Å²) >= 11 is 5.69. The number of carbonyl (C=O) groups excluding carboxylic acids is 2. The second-order valence-electron chi connectivity index (χ2n) is 10.9. The van der Waals surface area contributed by atoms with Gasteiger partial charge >= 0.3 is 0 Å². The van der Waals surface area contributed by atoms with Crippen LogP contribution in [0.15, 0.2) is 12.7 Å². The van der Waals surface area contributed by atoms with Crippen molar-refractivity contribution in [2.45, 2.75) is 114 Å². The van der Waals surface area contributed by atoms with Crippen molar-refractivity contribution >= 4 is 40.4 Å². The molecule has 0 radical (unpaired) electrons. The van der Waals surface area contributed by atoms with Crippen LogP contribution in [-0.2, 0) is 14.3 Å². The molecule has 0 aromatic carbocycles. The van der Waals surface area contributed by atoms with Crippen LogP contribution < -0.4 is 16.0 Å². The van der Waals surface area contributed by atoms with Crippen molar-refractivity contribution in [1.29, 1.82) is 0 Å². The maximum atomic E-state index is 12.6. The highest BCUT2D eigenvalue weighted by molar-refractivity contribution is 6.17. The van der Waals surface area contributed by atoms with Gasteiger partial charge in [0.2, 0.25) is 11.8 Å². The molecule has 1 saturated heterocycles. The van der Waals surface area contributed by atoms with Gasteiger partial charge in [-0.1, -0.05) is 57.8 Å². The highest BCUT2D eigenvalue weighted by Crippen LogP contribution is 2.26. The number of aromatic amines is 1. The molecule has 14 nitrogen and oxygen atoms in total. The molecular formula is C28H46ClN7O7. The standard InChI is InChI=1S/C28H46ClN7O7/c29-13-11-9-7-5-3-1-2-4-6-8-10-12-19(39)30-14-20(40)35-21-23(41)24(42)28(43-25(21)18(38)15-37)36-27-22-26(32-16-31-22)33-17-34-27/h16-18,21,23-25,28,37-38,41-42H,1-15H2,(H,30,39)(H,35,40)(H2,31,32,33,34,36)/t18-,21+,23+,24+,25-,28-/m0/s1. The monoisotopic (exact) mass is 627 g/mol. The van der Waals surface area contributed by atoms with Gasteiger partial charge in [-0.3, -0.25) is 9.59 Å². The molecule has 1 aliphatic rings. The number of nitrogens with zero attached hydrogens (tertiary/aromatic N) is 3. The third kappa shape index (κ3) is 11.1. The van der Waals surface area contributed by atoms with Gasteiger partial charge in [0.25, 0.3) is 0 Å². The topological polar surface area (TPSA) is 215 Å². The van der Waals surface area contributed by atoms with Gasteiger partial charge < -0.3 is 46.1 Å². The van der Waals surface area contributed by atoms with Gasteiger partial charge in [-0.15, -0.1) is 11.6 Å². The normalized spacial score (nSPS) is 22.8. The van der Waals surface area contributed by atoms with Crippen molar-refractivity contribution < 1.29 is 34.8 Å². The zero-order chi connectivity index (χ0) is 31.0. The summed E-state index contributed by atoms with van der Waals surface area (Å²) in [6, 6.07) is -1.28. The Hall–Kier alpha value is -2.62. The van der Waals surface area contributed by atoms with E-state index in [4.69, 9.17) is 16.3 Å². The molecule has 6 atom stereocenters. The number of fused-ring (bicyclic) bond motifs is 1. The molecule has 1 aliphatic heterocycles. The zero-order valence-corrected chi connectivity index (χ0v) is 25.2. The smallest absolute Gasteiger partial charge is 0.239 e. The number of hydrogen-bond donors (Lipinski definition) is 8. The predicted molar refractivity (Wildman–Crippen MR) is 160 cm³/mol. The van der Waals surface area contributed by atoms with E-state index in [0.717, 1.165) is 38.0 Å². The number of alkyl halides is 1. The number of amides is 2. The van der Waals surface area contributed by atoms with Gasteiger partial charge in [0.1, 0.15) is 36.3 Å². The van der Waals surface area contributed by atoms with Crippen molar-refractivity contribution in [2.24, 2.45) is 0 Å². The number of H-pyrrole nitrogens is 1. The third-order valence-electron chi connectivity index (χ3n) is 7.57. The first-order chi connectivity index (χ1) is 20.8. The van der Waals surface area contributed by atoms with Crippen molar-refractivity contribution in [3.05, 3.63) is 12.7 Å². The third-order valence-corrected chi connectivity index (χ3v) is 7.83. The summed E-state index contributed by atoms with van der Waals surface area (Å²) in [4.78, 5) is 39.8. The molecule has 0 aliphatic carbocycles. The van der Waals surface area contributed by atoms with E-state index in [1.54, 1.807) is 0 Å². The summed E-state index contributed by atoms with van der Waals surface area (Å²) in [7, 11) is 0. The van der Waals surface area contributed by atoms with E-state index in [0.29, 0.717) is 17.6 Å². The highest BCUT2D eigenvalue weighted by Gasteiger charge is 2.48. The maximum Gasteiger partial charge on any atom is 0.239 e. The van der Waals surface area contributed by atoms with E-state index in [2.05, 4.69) is 35.9 Å². The van der Waals surface area contributed by atoms with Crippen LogP contribution in [0.25, 0.3) is 11.2 Å². The average Bonchev–Trinajstić information content (AvgIpc) is 3.50. The van der Waals surface area contributed by atoms with Crippen LogP contribution >= 0.6 is 11.6 Å². The number of anilines is 1. The van der Waals surface area contributed by atoms with Crippen LogP contribution in [-0.4, -0.2) is 108 Å². The van der Waals surface area contributed by atoms with Gasteiger partial charge in [0.05, 0.1) is 25.5 Å². The van der Waals surface area contributed by atoms with E-state index in [1.165, 1.54) is 51.2 Å². The number of halogens is 1. The molecule has 3 heterocycles. The Labute approximate surface area is 256 Å². The van der Waals surface area contributed by atoms with Crippen LogP contribution in [0.4, 0.5) is 5.82 Å². The fourth-order valence-corrected chi connectivity index (χ4v) is 5.31. The molecule has 242 valence electrons. The van der Waals surface area contributed by atoms with E-state index in [9.17, 15) is 30.0 Å². The van der Waals surface area contributed by atoms with Crippen molar-refractivity contribution in [3.63, 3.8) is 0 Å². The summed E-state index contributed by atoms with van der Waals surface area (Å²) in [6.07, 6.45) is 8.15. The molecule has 8 N–H and O–H groups in total. The van der Waals surface area contributed by atoms with Crippen LogP contribution in [0, 0.1) is 0 Å². The molecule has 43 heavy (non-hydrogen) atoms. The van der Waals surface area contributed by atoms with Gasteiger partial charge in [-0.2, -0.15) is 0 Å². The molecule has 0 bridgehead atoms. The minimum atomic E-state index is -1.59. The number of aliphatic hydroxyl groups excluding tert-OH is 4. The number of hydrogen-bond acceptors (Lipinski definition) is 11. The molecule has 1 fully saturated rings. The van der Waals surface area contributed by atoms with Crippen LogP contribution in [0.2, 0.25) is 0 Å². The number of aromatic nitrogens is 4. The lowest BCUT2D eigenvalue weighted by atomic mass is 9.92. The van der Waals surface area contributed by atoms with E-state index < -0.39 is 49.2 Å². The van der Waals surface area contributed by atoms with Crippen LogP contribution in [0.5, 0.6) is 0 Å². The zero-order valence-electron chi connectivity index (χ0n) is 24.5. The van der Waals surface area contributed by atoms with E-state index in [1.807, 2.05) is 0 Å². The summed E-state index contributed by atoms with van der Waals surface area (Å²) in [5, 5.41) is 49.5. The molecule has 0 unspecified atom stereocenters. The number of carbonyl (C=O) groups is 2. The number of imidazole rings is 1. The summed E-state index contributed by atoms with van der Waals surface area (Å²) in [6.45, 7) is -1.08. The Kier molecular flexibility index (Phi) is 15.3. The van der Waals surface area contributed by atoms with E-state index >= 15 is 0 Å². The second kappa shape index (κ2) is 18.9. The highest BCUT2D eigenvalue weighted by atomic mass is 35.5. The Morgan fingerprint density at radius 3 is 2.23 bits per heavy atom. The largest absolute Gasteiger partial charge is 0.394 e. The van der Waals surface area contributed by atoms with Gasteiger partial charge in [-0.05, 0) is 12.8 Å². The quantitative estimate of drug-likeness (QED) is 0.0768. The molecule has 2 aromatic rings.